The Kier molecular flexibility index (Phi) is 5.04. The van der Waals surface area contributed by atoms with Crippen LogP contribution in [0.15, 0.2) is 18.6 Å². The number of hydrogen-bond donors (Lipinski definition) is 1. The van der Waals surface area contributed by atoms with Crippen molar-refractivity contribution in [1.29, 1.82) is 0 Å². The average molecular weight is 250 g/mol. The van der Waals surface area contributed by atoms with E-state index in [1.807, 2.05) is 6.07 Å². The number of hydrogen-bond acceptors (Lipinski definition) is 5. The summed E-state index contributed by atoms with van der Waals surface area (Å²) in [7, 11) is 2.06. The van der Waals surface area contributed by atoms with Crippen LogP contribution in [0, 0.1) is 5.92 Å². The minimum absolute atomic E-state index is 0.137. The molecule has 0 aromatic carbocycles. The second-order valence-electron chi connectivity index (χ2n) is 4.88. The summed E-state index contributed by atoms with van der Waals surface area (Å²) in [5.41, 5.74) is 6.79. The van der Waals surface area contributed by atoms with Crippen LogP contribution in [0.5, 0.6) is 0 Å². The fourth-order valence-corrected chi connectivity index (χ4v) is 1.92. The molecular weight excluding hydrogens is 228 g/mol. The summed E-state index contributed by atoms with van der Waals surface area (Å²) < 4.78 is 5.64. The Bertz CT molecular complexity index is 342. The molecule has 1 aromatic heterocycles. The Morgan fingerprint density at radius 1 is 1.56 bits per heavy atom. The molecule has 0 spiro atoms. The fourth-order valence-electron chi connectivity index (χ4n) is 1.92. The van der Waals surface area contributed by atoms with Crippen LogP contribution in [-0.2, 0) is 4.74 Å². The van der Waals surface area contributed by atoms with Gasteiger partial charge in [0.15, 0.2) is 0 Å². The van der Waals surface area contributed by atoms with Gasteiger partial charge >= 0.3 is 0 Å². The van der Waals surface area contributed by atoms with Crippen molar-refractivity contribution in [3.05, 3.63) is 24.3 Å². The monoisotopic (exact) mass is 250 g/mol. The van der Waals surface area contributed by atoms with Gasteiger partial charge in [-0.3, -0.25) is 4.90 Å². The summed E-state index contributed by atoms with van der Waals surface area (Å²) in [6, 6.07) is 2.05. The van der Waals surface area contributed by atoms with Crippen molar-refractivity contribution >= 4 is 0 Å². The molecule has 0 bridgehead atoms. The number of nitrogens with zero attached hydrogens (tertiary/aromatic N) is 3. The molecule has 100 valence electrons. The number of rotatable bonds is 8. The van der Waals surface area contributed by atoms with Gasteiger partial charge in [-0.15, -0.1) is 0 Å². The highest BCUT2D eigenvalue weighted by Gasteiger charge is 2.21. The first kappa shape index (κ1) is 13.4. The van der Waals surface area contributed by atoms with Gasteiger partial charge in [0, 0.05) is 25.9 Å². The van der Waals surface area contributed by atoms with E-state index in [2.05, 4.69) is 21.9 Å². The third-order valence-electron chi connectivity index (χ3n) is 3.34. The van der Waals surface area contributed by atoms with Crippen LogP contribution in [0.1, 0.15) is 24.6 Å². The number of aromatic nitrogens is 2. The molecule has 5 nitrogen and oxygen atoms in total. The van der Waals surface area contributed by atoms with E-state index in [-0.39, 0.29) is 6.04 Å². The van der Waals surface area contributed by atoms with E-state index in [0.29, 0.717) is 6.54 Å². The van der Waals surface area contributed by atoms with Gasteiger partial charge in [0.05, 0.1) is 18.3 Å². The summed E-state index contributed by atoms with van der Waals surface area (Å²) in [5.74, 6) is 0.822. The lowest BCUT2D eigenvalue weighted by molar-refractivity contribution is 0.0916. The zero-order valence-electron chi connectivity index (χ0n) is 11.0. The molecule has 1 unspecified atom stereocenters. The molecule has 1 fully saturated rings. The predicted molar refractivity (Wildman–Crippen MR) is 70.0 cm³/mol. The fraction of sp³-hybridized carbons (Fsp3) is 0.692. The first-order chi connectivity index (χ1) is 8.81. The quantitative estimate of drug-likeness (QED) is 0.692. The van der Waals surface area contributed by atoms with Gasteiger partial charge in [0.2, 0.25) is 0 Å². The standard InChI is InChI=1S/C13H22N4O/c1-17(6-7-18-9-11-2-3-11)13(8-14)12-4-5-15-10-16-12/h4-5,10-11,13H,2-3,6-9,14H2,1H3. The zero-order valence-corrected chi connectivity index (χ0v) is 11.0. The lowest BCUT2D eigenvalue weighted by atomic mass is 10.2. The van der Waals surface area contributed by atoms with Crippen molar-refractivity contribution in [2.45, 2.75) is 18.9 Å². The van der Waals surface area contributed by atoms with E-state index in [9.17, 15) is 0 Å². The third kappa shape index (κ3) is 4.01. The highest BCUT2D eigenvalue weighted by molar-refractivity contribution is 5.05. The molecule has 1 atom stereocenters. The van der Waals surface area contributed by atoms with Crippen LogP contribution < -0.4 is 5.73 Å². The van der Waals surface area contributed by atoms with E-state index in [1.165, 1.54) is 12.8 Å². The highest BCUT2D eigenvalue weighted by Crippen LogP contribution is 2.28. The van der Waals surface area contributed by atoms with E-state index < -0.39 is 0 Å². The van der Waals surface area contributed by atoms with Gasteiger partial charge < -0.3 is 10.5 Å². The van der Waals surface area contributed by atoms with E-state index in [1.54, 1.807) is 12.5 Å². The molecule has 1 aliphatic rings. The summed E-state index contributed by atoms with van der Waals surface area (Å²) in [6.45, 7) is 3.10. The van der Waals surface area contributed by atoms with Gasteiger partial charge in [-0.1, -0.05) is 0 Å². The molecule has 0 amide bonds. The van der Waals surface area contributed by atoms with Crippen LogP contribution in [-0.4, -0.2) is 48.2 Å². The van der Waals surface area contributed by atoms with Crippen molar-refractivity contribution < 1.29 is 4.74 Å². The van der Waals surface area contributed by atoms with Gasteiger partial charge in [0.1, 0.15) is 6.33 Å². The Balaban J connectivity index is 1.75. The van der Waals surface area contributed by atoms with Crippen molar-refractivity contribution in [2.24, 2.45) is 11.7 Å². The lowest BCUT2D eigenvalue weighted by Crippen LogP contribution is -2.33. The predicted octanol–water partition coefficient (Wildman–Crippen LogP) is 0.835. The van der Waals surface area contributed by atoms with Crippen LogP contribution in [0.3, 0.4) is 0 Å². The van der Waals surface area contributed by atoms with E-state index >= 15 is 0 Å². The first-order valence-corrected chi connectivity index (χ1v) is 6.55. The number of ether oxygens (including phenoxy) is 1. The number of nitrogens with two attached hydrogens (primary N) is 1. The van der Waals surface area contributed by atoms with Gasteiger partial charge in [-0.2, -0.15) is 0 Å². The SMILES string of the molecule is CN(CCOCC1CC1)C(CN)c1ccncn1. The van der Waals surface area contributed by atoms with Gasteiger partial charge in [-0.25, -0.2) is 9.97 Å². The van der Waals surface area contributed by atoms with Crippen LogP contribution in [0.4, 0.5) is 0 Å². The maximum Gasteiger partial charge on any atom is 0.115 e. The Labute approximate surface area is 108 Å². The van der Waals surface area contributed by atoms with Gasteiger partial charge in [0.25, 0.3) is 0 Å². The van der Waals surface area contributed by atoms with Crippen LogP contribution in [0.2, 0.25) is 0 Å². The molecule has 18 heavy (non-hydrogen) atoms. The van der Waals surface area contributed by atoms with Crippen molar-refractivity contribution in [3.63, 3.8) is 0 Å². The molecule has 5 heteroatoms. The summed E-state index contributed by atoms with van der Waals surface area (Å²) in [6.07, 6.45) is 5.99. The van der Waals surface area contributed by atoms with Crippen LogP contribution >= 0.6 is 0 Å². The summed E-state index contributed by atoms with van der Waals surface area (Å²) in [5, 5.41) is 0. The lowest BCUT2D eigenvalue weighted by Gasteiger charge is -2.26. The highest BCUT2D eigenvalue weighted by atomic mass is 16.5. The summed E-state index contributed by atoms with van der Waals surface area (Å²) >= 11 is 0. The molecule has 0 saturated heterocycles. The Hall–Kier alpha value is -1.04. The molecule has 1 saturated carbocycles. The van der Waals surface area contributed by atoms with E-state index in [4.69, 9.17) is 10.5 Å². The zero-order chi connectivity index (χ0) is 12.8. The maximum absolute atomic E-state index is 5.83. The first-order valence-electron chi connectivity index (χ1n) is 6.55. The largest absolute Gasteiger partial charge is 0.380 e. The molecule has 0 aliphatic heterocycles. The smallest absolute Gasteiger partial charge is 0.115 e. The van der Waals surface area contributed by atoms with Crippen LogP contribution in [0.25, 0.3) is 0 Å². The molecule has 1 aliphatic carbocycles. The maximum atomic E-state index is 5.83. The second kappa shape index (κ2) is 6.78. The summed E-state index contributed by atoms with van der Waals surface area (Å²) in [4.78, 5) is 10.4. The normalized spacial score (nSPS) is 17.1. The molecule has 1 heterocycles. The van der Waals surface area contributed by atoms with Gasteiger partial charge in [-0.05, 0) is 31.9 Å². The minimum atomic E-state index is 0.137. The second-order valence-corrected chi connectivity index (χ2v) is 4.88. The molecular formula is C13H22N4O. The molecule has 1 aromatic rings. The molecule has 2 rings (SSSR count). The van der Waals surface area contributed by atoms with Crippen molar-refractivity contribution in [2.75, 3.05) is 33.4 Å². The van der Waals surface area contributed by atoms with E-state index in [0.717, 1.165) is 31.4 Å². The third-order valence-corrected chi connectivity index (χ3v) is 3.34. The Morgan fingerprint density at radius 3 is 3.00 bits per heavy atom. The van der Waals surface area contributed by atoms with Crippen molar-refractivity contribution in [3.8, 4) is 0 Å². The minimum Gasteiger partial charge on any atom is -0.380 e. The average Bonchev–Trinajstić information content (AvgIpc) is 3.21. The molecule has 0 radical (unpaired) electrons. The number of likely N-dealkylation sites (N-methyl/N-ethyl adjacent to an activating group) is 1. The van der Waals surface area contributed by atoms with Crippen molar-refractivity contribution in [1.82, 2.24) is 14.9 Å². The topological polar surface area (TPSA) is 64.3 Å². The Morgan fingerprint density at radius 2 is 2.39 bits per heavy atom. The molecule has 2 N–H and O–H groups in total.